The highest BCUT2D eigenvalue weighted by Gasteiger charge is 2.17. The van der Waals surface area contributed by atoms with E-state index in [1.54, 1.807) is 0 Å². The number of nitrogens with two attached hydrogens (primary N) is 1. The van der Waals surface area contributed by atoms with Gasteiger partial charge in [-0.2, -0.15) is 0 Å². The molecule has 1 atom stereocenters. The molecule has 1 aromatic rings. The van der Waals surface area contributed by atoms with Crippen LogP contribution in [-0.2, 0) is 0 Å². The van der Waals surface area contributed by atoms with E-state index in [0.717, 1.165) is 18.2 Å². The highest BCUT2D eigenvalue weighted by atomic mass is 15.1. The van der Waals surface area contributed by atoms with Gasteiger partial charge >= 0.3 is 0 Å². The number of rotatable bonds is 3. The third-order valence-corrected chi connectivity index (χ3v) is 4.07. The van der Waals surface area contributed by atoms with Crippen LogP contribution >= 0.6 is 0 Å². The molecule has 0 amide bonds. The number of nitrogen functional groups attached to an aromatic ring is 1. The van der Waals surface area contributed by atoms with Crippen molar-refractivity contribution in [2.45, 2.75) is 46.0 Å². The minimum atomic E-state index is 0.922. The Bertz CT molecular complexity index is 387. The number of hydrogen-bond acceptors (Lipinski definition) is 2. The van der Waals surface area contributed by atoms with Gasteiger partial charge in [-0.25, -0.2) is 0 Å². The molecule has 0 spiro atoms. The van der Waals surface area contributed by atoms with Gasteiger partial charge in [0, 0.05) is 13.1 Å². The summed E-state index contributed by atoms with van der Waals surface area (Å²) in [4.78, 5) is 2.48. The van der Waals surface area contributed by atoms with E-state index in [-0.39, 0.29) is 0 Å². The van der Waals surface area contributed by atoms with Crippen molar-refractivity contribution in [1.29, 1.82) is 0 Å². The van der Waals surface area contributed by atoms with Gasteiger partial charge in [-0.05, 0) is 49.8 Å². The van der Waals surface area contributed by atoms with Gasteiger partial charge in [0.1, 0.15) is 0 Å². The summed E-state index contributed by atoms with van der Waals surface area (Å²) >= 11 is 0. The zero-order chi connectivity index (χ0) is 13.0. The number of hydrogen-bond donors (Lipinski definition) is 1. The summed E-state index contributed by atoms with van der Waals surface area (Å²) in [6.07, 6.45) is 6.71. The molecule has 1 aliphatic heterocycles. The first-order valence-electron chi connectivity index (χ1n) is 7.31. The molecule has 2 nitrogen and oxygen atoms in total. The van der Waals surface area contributed by atoms with Gasteiger partial charge in [0.15, 0.2) is 0 Å². The van der Waals surface area contributed by atoms with Crippen molar-refractivity contribution in [2.75, 3.05) is 23.7 Å². The average Bonchev–Trinajstić information content (AvgIpc) is 2.58. The maximum atomic E-state index is 6.12. The van der Waals surface area contributed by atoms with Crippen molar-refractivity contribution in [3.8, 4) is 0 Å². The van der Waals surface area contributed by atoms with Gasteiger partial charge in [0.2, 0.25) is 0 Å². The minimum Gasteiger partial charge on any atom is -0.397 e. The standard InChI is InChI=1S/C16H26N2/c1-3-5-14-6-4-10-18(11-9-14)16-12-13(2)7-8-15(16)17/h7-8,12,14H,3-6,9-11,17H2,1-2H3. The molecule has 0 bridgehead atoms. The number of nitrogens with zero attached hydrogens (tertiary/aromatic N) is 1. The zero-order valence-electron chi connectivity index (χ0n) is 11.8. The first kappa shape index (κ1) is 13.3. The Hall–Kier alpha value is -1.18. The second kappa shape index (κ2) is 6.12. The molecule has 0 radical (unpaired) electrons. The molecule has 1 unspecified atom stereocenters. The lowest BCUT2D eigenvalue weighted by molar-refractivity contribution is 0.435. The highest BCUT2D eigenvalue weighted by Crippen LogP contribution is 2.29. The van der Waals surface area contributed by atoms with Crippen molar-refractivity contribution in [3.63, 3.8) is 0 Å². The number of anilines is 2. The Morgan fingerprint density at radius 3 is 2.89 bits per heavy atom. The zero-order valence-corrected chi connectivity index (χ0v) is 11.8. The van der Waals surface area contributed by atoms with E-state index in [1.807, 2.05) is 6.07 Å². The van der Waals surface area contributed by atoms with E-state index in [4.69, 9.17) is 5.73 Å². The van der Waals surface area contributed by atoms with Crippen LogP contribution in [0.15, 0.2) is 18.2 Å². The molecular formula is C16H26N2. The Labute approximate surface area is 111 Å². The van der Waals surface area contributed by atoms with Gasteiger partial charge < -0.3 is 10.6 Å². The fraction of sp³-hybridized carbons (Fsp3) is 0.625. The second-order valence-electron chi connectivity index (χ2n) is 5.63. The molecule has 2 rings (SSSR count). The van der Waals surface area contributed by atoms with Crippen LogP contribution in [0.3, 0.4) is 0 Å². The normalized spacial score (nSPS) is 20.8. The minimum absolute atomic E-state index is 0.922. The predicted octanol–water partition coefficient (Wildman–Crippen LogP) is 3.98. The van der Waals surface area contributed by atoms with Crippen molar-refractivity contribution in [3.05, 3.63) is 23.8 Å². The first-order chi connectivity index (χ1) is 8.70. The van der Waals surface area contributed by atoms with Crippen molar-refractivity contribution in [2.24, 2.45) is 5.92 Å². The first-order valence-corrected chi connectivity index (χ1v) is 7.31. The van der Waals surface area contributed by atoms with Crippen LogP contribution in [0, 0.1) is 12.8 Å². The summed E-state index contributed by atoms with van der Waals surface area (Å²) in [5, 5.41) is 0. The molecule has 0 aliphatic carbocycles. The predicted molar refractivity (Wildman–Crippen MR) is 80.1 cm³/mol. The highest BCUT2D eigenvalue weighted by molar-refractivity contribution is 5.68. The number of benzene rings is 1. The summed E-state index contributed by atoms with van der Waals surface area (Å²) in [5.41, 5.74) is 9.59. The van der Waals surface area contributed by atoms with E-state index in [2.05, 4.69) is 30.9 Å². The molecule has 0 saturated carbocycles. The van der Waals surface area contributed by atoms with E-state index in [0.29, 0.717) is 0 Å². The average molecular weight is 246 g/mol. The van der Waals surface area contributed by atoms with Crippen LogP contribution in [0.5, 0.6) is 0 Å². The van der Waals surface area contributed by atoms with E-state index < -0.39 is 0 Å². The molecule has 100 valence electrons. The molecule has 0 aromatic heterocycles. The van der Waals surface area contributed by atoms with Crippen LogP contribution < -0.4 is 10.6 Å². The van der Waals surface area contributed by atoms with Gasteiger partial charge in [-0.1, -0.05) is 25.8 Å². The molecule has 1 fully saturated rings. The lowest BCUT2D eigenvalue weighted by Crippen LogP contribution is -2.25. The Morgan fingerprint density at radius 1 is 1.28 bits per heavy atom. The Morgan fingerprint density at radius 2 is 2.11 bits per heavy atom. The molecule has 1 heterocycles. The summed E-state index contributed by atoms with van der Waals surface area (Å²) < 4.78 is 0. The Kier molecular flexibility index (Phi) is 4.51. The fourth-order valence-corrected chi connectivity index (χ4v) is 3.03. The van der Waals surface area contributed by atoms with E-state index >= 15 is 0 Å². The largest absolute Gasteiger partial charge is 0.397 e. The van der Waals surface area contributed by atoms with Gasteiger partial charge in [0.05, 0.1) is 11.4 Å². The van der Waals surface area contributed by atoms with Gasteiger partial charge in [-0.3, -0.25) is 0 Å². The van der Waals surface area contributed by atoms with Crippen LogP contribution in [0.2, 0.25) is 0 Å². The SMILES string of the molecule is CCCC1CCCN(c2cc(C)ccc2N)CC1. The molecule has 1 saturated heterocycles. The van der Waals surface area contributed by atoms with Crippen LogP contribution in [0.4, 0.5) is 11.4 Å². The van der Waals surface area contributed by atoms with Crippen molar-refractivity contribution in [1.82, 2.24) is 0 Å². The summed E-state index contributed by atoms with van der Waals surface area (Å²) in [5.74, 6) is 0.922. The van der Waals surface area contributed by atoms with Crippen molar-refractivity contribution < 1.29 is 0 Å². The molecular weight excluding hydrogens is 220 g/mol. The number of aryl methyl sites for hydroxylation is 1. The monoisotopic (exact) mass is 246 g/mol. The molecule has 18 heavy (non-hydrogen) atoms. The Balaban J connectivity index is 2.07. The van der Waals surface area contributed by atoms with Crippen LogP contribution in [-0.4, -0.2) is 13.1 Å². The lowest BCUT2D eigenvalue weighted by atomic mass is 9.96. The topological polar surface area (TPSA) is 29.3 Å². The maximum absolute atomic E-state index is 6.12. The van der Waals surface area contributed by atoms with E-state index in [1.165, 1.54) is 49.9 Å². The van der Waals surface area contributed by atoms with Crippen LogP contribution in [0.25, 0.3) is 0 Å². The molecule has 1 aliphatic rings. The quantitative estimate of drug-likeness (QED) is 0.817. The summed E-state index contributed by atoms with van der Waals surface area (Å²) in [7, 11) is 0. The molecule has 2 heteroatoms. The third-order valence-electron chi connectivity index (χ3n) is 4.07. The third kappa shape index (κ3) is 3.18. The van der Waals surface area contributed by atoms with E-state index in [9.17, 15) is 0 Å². The second-order valence-corrected chi connectivity index (χ2v) is 5.63. The van der Waals surface area contributed by atoms with Crippen molar-refractivity contribution >= 4 is 11.4 Å². The van der Waals surface area contributed by atoms with Crippen LogP contribution in [0.1, 0.15) is 44.6 Å². The maximum Gasteiger partial charge on any atom is 0.0602 e. The summed E-state index contributed by atoms with van der Waals surface area (Å²) in [6, 6.07) is 6.37. The van der Waals surface area contributed by atoms with Gasteiger partial charge in [-0.15, -0.1) is 0 Å². The lowest BCUT2D eigenvalue weighted by Gasteiger charge is -2.25. The molecule has 1 aromatic carbocycles. The molecule has 2 N–H and O–H groups in total. The fourth-order valence-electron chi connectivity index (χ4n) is 3.03. The van der Waals surface area contributed by atoms with Gasteiger partial charge in [0.25, 0.3) is 0 Å². The summed E-state index contributed by atoms with van der Waals surface area (Å²) in [6.45, 7) is 6.76. The smallest absolute Gasteiger partial charge is 0.0602 e.